The normalized spacial score (nSPS) is 15.2. The zero-order valence-electron chi connectivity index (χ0n) is 17.4. The highest BCUT2D eigenvalue weighted by Gasteiger charge is 2.31. The van der Waals surface area contributed by atoms with Gasteiger partial charge in [-0.2, -0.15) is 5.10 Å². The van der Waals surface area contributed by atoms with E-state index in [1.807, 2.05) is 24.3 Å². The number of methoxy groups -OCH3 is 1. The molecule has 1 aliphatic heterocycles. The number of anilines is 1. The number of primary amides is 1. The number of rotatable bonds is 7. The Hall–Kier alpha value is -3.81. The molecule has 1 aromatic heterocycles. The lowest BCUT2D eigenvalue weighted by Crippen LogP contribution is -2.24. The predicted molar refractivity (Wildman–Crippen MR) is 116 cm³/mol. The Morgan fingerprint density at radius 3 is 2.84 bits per heavy atom. The highest BCUT2D eigenvalue weighted by molar-refractivity contribution is 5.94. The summed E-state index contributed by atoms with van der Waals surface area (Å²) in [5, 5.41) is 7.53. The number of hydrogen-bond donors (Lipinski definition) is 2. The number of carbonyl (C=O) groups is 2. The Balaban J connectivity index is 1.71. The first-order valence-electron chi connectivity index (χ1n) is 10.1. The summed E-state index contributed by atoms with van der Waals surface area (Å²) < 4.78 is 12.6. The van der Waals surface area contributed by atoms with Crippen molar-refractivity contribution < 1.29 is 19.1 Å². The van der Waals surface area contributed by atoms with Crippen molar-refractivity contribution in [3.05, 3.63) is 65.4 Å². The number of carbonyl (C=O) groups excluding carboxylic acids is 2. The van der Waals surface area contributed by atoms with Crippen LogP contribution in [0.4, 0.5) is 5.82 Å². The molecule has 1 atom stereocenters. The molecular formula is C23H24N4O4. The van der Waals surface area contributed by atoms with Gasteiger partial charge in [-0.3, -0.25) is 9.59 Å². The summed E-state index contributed by atoms with van der Waals surface area (Å²) in [5.74, 6) is 0.707. The molecule has 1 aliphatic rings. The van der Waals surface area contributed by atoms with Crippen molar-refractivity contribution in [1.29, 1.82) is 0 Å². The van der Waals surface area contributed by atoms with Gasteiger partial charge in [-0.15, -0.1) is 0 Å². The summed E-state index contributed by atoms with van der Waals surface area (Å²) in [5.41, 5.74) is 9.06. The Morgan fingerprint density at radius 1 is 1.26 bits per heavy atom. The first kappa shape index (κ1) is 20.5. The molecule has 0 saturated heterocycles. The average molecular weight is 420 g/mol. The summed E-state index contributed by atoms with van der Waals surface area (Å²) in [6.07, 6.45) is 3.00. The maximum absolute atomic E-state index is 12.6. The molecule has 3 aromatic rings. The zero-order valence-corrected chi connectivity index (χ0v) is 17.4. The van der Waals surface area contributed by atoms with E-state index in [1.54, 1.807) is 16.9 Å². The minimum Gasteiger partial charge on any atom is -0.493 e. The molecular weight excluding hydrogens is 396 g/mol. The maximum Gasteiger partial charge on any atom is 0.255 e. The van der Waals surface area contributed by atoms with E-state index >= 15 is 0 Å². The van der Waals surface area contributed by atoms with E-state index in [1.165, 1.54) is 12.7 Å². The fourth-order valence-electron chi connectivity index (χ4n) is 3.79. The lowest BCUT2D eigenvalue weighted by atomic mass is 9.87. The van der Waals surface area contributed by atoms with Gasteiger partial charge in [0.15, 0.2) is 18.1 Å². The number of hydrogen-bond acceptors (Lipinski definition) is 5. The Bertz CT molecular complexity index is 1140. The van der Waals surface area contributed by atoms with Gasteiger partial charge < -0.3 is 20.5 Å². The molecule has 0 fully saturated rings. The number of amides is 2. The highest BCUT2D eigenvalue weighted by atomic mass is 16.5. The van der Waals surface area contributed by atoms with Gasteiger partial charge in [-0.1, -0.05) is 25.1 Å². The van der Waals surface area contributed by atoms with Gasteiger partial charge in [-0.05, 0) is 41.8 Å². The molecule has 160 valence electrons. The molecule has 2 heterocycles. The standard InChI is InChI=1S/C23H24N4O4/c1-3-14-5-4-6-16(9-14)27-23-18(12-25-27)17(11-22(29)26-23)15-7-8-19(20(10-15)30-2)31-13-21(24)28/h4-10,12,17H,3,11,13H2,1-2H3,(H2,24,28)(H,26,29). The van der Waals surface area contributed by atoms with Crippen LogP contribution in [0.15, 0.2) is 48.7 Å². The van der Waals surface area contributed by atoms with Crippen LogP contribution in [0, 0.1) is 0 Å². The van der Waals surface area contributed by atoms with Crippen molar-refractivity contribution in [1.82, 2.24) is 9.78 Å². The first-order chi connectivity index (χ1) is 15.0. The van der Waals surface area contributed by atoms with E-state index in [4.69, 9.17) is 15.2 Å². The second kappa shape index (κ2) is 8.51. The van der Waals surface area contributed by atoms with E-state index in [9.17, 15) is 9.59 Å². The van der Waals surface area contributed by atoms with Crippen molar-refractivity contribution in [2.24, 2.45) is 5.73 Å². The summed E-state index contributed by atoms with van der Waals surface area (Å²) >= 11 is 0. The van der Waals surface area contributed by atoms with Gasteiger partial charge in [0.25, 0.3) is 5.91 Å². The van der Waals surface area contributed by atoms with E-state index in [2.05, 4.69) is 29.5 Å². The van der Waals surface area contributed by atoms with Gasteiger partial charge in [0.2, 0.25) is 5.91 Å². The van der Waals surface area contributed by atoms with Gasteiger partial charge in [0.05, 0.1) is 19.0 Å². The molecule has 3 N–H and O–H groups in total. The van der Waals surface area contributed by atoms with Gasteiger partial charge >= 0.3 is 0 Å². The molecule has 0 saturated carbocycles. The van der Waals surface area contributed by atoms with Crippen LogP contribution in [0.1, 0.15) is 36.0 Å². The van der Waals surface area contributed by atoms with Crippen LogP contribution in [0.2, 0.25) is 0 Å². The molecule has 4 rings (SSSR count). The lowest BCUT2D eigenvalue weighted by Gasteiger charge is -2.24. The van der Waals surface area contributed by atoms with Crippen LogP contribution in [0.3, 0.4) is 0 Å². The molecule has 1 unspecified atom stereocenters. The SMILES string of the molecule is CCc1cccc(-n2ncc3c2NC(=O)CC3c2ccc(OCC(N)=O)c(OC)c2)c1. The third-order valence-corrected chi connectivity index (χ3v) is 5.34. The molecule has 0 aliphatic carbocycles. The molecule has 8 heteroatoms. The third-order valence-electron chi connectivity index (χ3n) is 5.34. The Kier molecular flexibility index (Phi) is 5.62. The molecule has 0 spiro atoms. The van der Waals surface area contributed by atoms with Crippen molar-refractivity contribution in [3.8, 4) is 17.2 Å². The number of nitrogens with zero attached hydrogens (tertiary/aromatic N) is 2. The van der Waals surface area contributed by atoms with Crippen LogP contribution in [-0.4, -0.2) is 35.3 Å². The molecule has 0 radical (unpaired) electrons. The van der Waals surface area contributed by atoms with Gasteiger partial charge in [-0.25, -0.2) is 4.68 Å². The summed E-state index contributed by atoms with van der Waals surface area (Å²) in [6, 6.07) is 13.5. The number of nitrogens with two attached hydrogens (primary N) is 1. The largest absolute Gasteiger partial charge is 0.493 e. The van der Waals surface area contributed by atoms with Crippen LogP contribution in [0.5, 0.6) is 11.5 Å². The van der Waals surface area contributed by atoms with E-state index in [0.29, 0.717) is 23.7 Å². The second-order valence-electron chi connectivity index (χ2n) is 7.35. The van der Waals surface area contributed by atoms with Gasteiger partial charge in [0.1, 0.15) is 5.82 Å². The Labute approximate surface area is 180 Å². The zero-order chi connectivity index (χ0) is 22.0. The van der Waals surface area contributed by atoms with Crippen LogP contribution in [0.25, 0.3) is 5.69 Å². The summed E-state index contributed by atoms with van der Waals surface area (Å²) in [4.78, 5) is 23.6. The Morgan fingerprint density at radius 2 is 2.10 bits per heavy atom. The molecule has 31 heavy (non-hydrogen) atoms. The van der Waals surface area contributed by atoms with E-state index in [0.717, 1.165) is 23.2 Å². The number of aryl methyl sites for hydroxylation is 1. The fraction of sp³-hybridized carbons (Fsp3) is 0.261. The van der Waals surface area contributed by atoms with E-state index in [-0.39, 0.29) is 18.4 Å². The molecule has 2 aromatic carbocycles. The fourth-order valence-corrected chi connectivity index (χ4v) is 3.79. The molecule has 0 bridgehead atoms. The number of fused-ring (bicyclic) bond motifs is 1. The smallest absolute Gasteiger partial charge is 0.255 e. The number of nitrogens with one attached hydrogen (secondary N) is 1. The molecule has 8 nitrogen and oxygen atoms in total. The number of benzene rings is 2. The summed E-state index contributed by atoms with van der Waals surface area (Å²) in [7, 11) is 1.52. The van der Waals surface area contributed by atoms with Gasteiger partial charge in [0, 0.05) is 17.9 Å². The lowest BCUT2D eigenvalue weighted by molar-refractivity contribution is -0.120. The van der Waals surface area contributed by atoms with Crippen molar-refractivity contribution in [3.63, 3.8) is 0 Å². The third kappa shape index (κ3) is 4.09. The number of ether oxygens (including phenoxy) is 2. The second-order valence-corrected chi connectivity index (χ2v) is 7.35. The van der Waals surface area contributed by atoms with Crippen molar-refractivity contribution in [2.75, 3.05) is 19.0 Å². The minimum atomic E-state index is -0.570. The van der Waals surface area contributed by atoms with Crippen molar-refractivity contribution >= 4 is 17.6 Å². The molecule has 2 amide bonds. The monoisotopic (exact) mass is 420 g/mol. The average Bonchev–Trinajstić information content (AvgIpc) is 3.20. The van der Waals surface area contributed by atoms with Crippen LogP contribution >= 0.6 is 0 Å². The van der Waals surface area contributed by atoms with Crippen molar-refractivity contribution in [2.45, 2.75) is 25.7 Å². The topological polar surface area (TPSA) is 108 Å². The maximum atomic E-state index is 12.6. The van der Waals surface area contributed by atoms with Crippen LogP contribution in [-0.2, 0) is 16.0 Å². The minimum absolute atomic E-state index is 0.0843. The number of aromatic nitrogens is 2. The highest BCUT2D eigenvalue weighted by Crippen LogP contribution is 2.40. The predicted octanol–water partition coefficient (Wildman–Crippen LogP) is 2.78. The van der Waals surface area contributed by atoms with E-state index < -0.39 is 5.91 Å². The summed E-state index contributed by atoms with van der Waals surface area (Å²) in [6.45, 7) is 1.86. The first-order valence-corrected chi connectivity index (χ1v) is 10.1. The quantitative estimate of drug-likeness (QED) is 0.611. The van der Waals surface area contributed by atoms with Crippen LogP contribution < -0.4 is 20.5 Å².